The van der Waals surface area contributed by atoms with Crippen molar-refractivity contribution in [3.63, 3.8) is 0 Å². The zero-order valence-electron chi connectivity index (χ0n) is 8.11. The van der Waals surface area contributed by atoms with Gasteiger partial charge >= 0.3 is 0 Å². The molecule has 0 aromatic carbocycles. The summed E-state index contributed by atoms with van der Waals surface area (Å²) in [4.78, 5) is 19.3. The lowest BCUT2D eigenvalue weighted by molar-refractivity contribution is -0.532. The van der Waals surface area contributed by atoms with Crippen molar-refractivity contribution in [2.45, 2.75) is 31.3 Å². The zero-order valence-corrected chi connectivity index (χ0v) is 8.11. The van der Waals surface area contributed by atoms with Gasteiger partial charge in [0.1, 0.15) is 13.2 Å². The Morgan fingerprint density at radius 2 is 1.27 bits per heavy atom. The SMILES string of the molecule is O=[N+]([O-])[C@@H](CO)CCC[C@H](CO)[N+](=O)[O-]. The van der Waals surface area contributed by atoms with Crippen molar-refractivity contribution in [3.8, 4) is 0 Å². The lowest BCUT2D eigenvalue weighted by atomic mass is 10.1. The number of rotatable bonds is 8. The molecule has 0 bridgehead atoms. The molecule has 8 heteroatoms. The molecule has 0 unspecified atom stereocenters. The highest BCUT2D eigenvalue weighted by Gasteiger charge is 2.22. The molecule has 0 heterocycles. The van der Waals surface area contributed by atoms with Crippen LogP contribution in [0, 0.1) is 20.2 Å². The molecule has 0 radical (unpaired) electrons. The summed E-state index contributed by atoms with van der Waals surface area (Å²) < 4.78 is 0. The minimum absolute atomic E-state index is 0.0772. The summed E-state index contributed by atoms with van der Waals surface area (Å²) in [6.45, 7) is -1.15. The predicted molar refractivity (Wildman–Crippen MR) is 49.6 cm³/mol. The average Bonchev–Trinajstić information content (AvgIpc) is 2.17. The number of nitrogens with zero attached hydrogens (tertiary/aromatic N) is 2. The summed E-state index contributed by atoms with van der Waals surface area (Å²) in [5.74, 6) is 0. The van der Waals surface area contributed by atoms with Crippen LogP contribution in [-0.2, 0) is 0 Å². The Hall–Kier alpha value is -1.28. The first kappa shape index (κ1) is 13.7. The van der Waals surface area contributed by atoms with E-state index in [1.807, 2.05) is 0 Å². The fourth-order valence-corrected chi connectivity index (χ4v) is 1.12. The standard InChI is InChI=1S/C7H14N2O6/c10-4-6(8(12)13)2-1-3-7(5-11)9(14)15/h6-7,10-11H,1-5H2/t6-,7-/m1/s1. The number of aliphatic hydroxyl groups is 2. The van der Waals surface area contributed by atoms with Crippen molar-refractivity contribution < 1.29 is 20.1 Å². The van der Waals surface area contributed by atoms with Crippen molar-refractivity contribution in [2.24, 2.45) is 0 Å². The van der Waals surface area contributed by atoms with E-state index in [-0.39, 0.29) is 19.3 Å². The quantitative estimate of drug-likeness (QED) is 0.418. The summed E-state index contributed by atoms with van der Waals surface area (Å²) in [6.07, 6.45) is 0.389. The van der Waals surface area contributed by atoms with Crippen molar-refractivity contribution in [1.29, 1.82) is 0 Å². The molecule has 88 valence electrons. The largest absolute Gasteiger partial charge is 0.389 e. The summed E-state index contributed by atoms with van der Waals surface area (Å²) >= 11 is 0. The van der Waals surface area contributed by atoms with Crippen molar-refractivity contribution in [3.05, 3.63) is 20.2 Å². The normalized spacial score (nSPS) is 14.5. The van der Waals surface area contributed by atoms with E-state index >= 15 is 0 Å². The Balaban J connectivity index is 3.85. The van der Waals surface area contributed by atoms with Crippen LogP contribution in [0.25, 0.3) is 0 Å². The van der Waals surface area contributed by atoms with Gasteiger partial charge in [0.2, 0.25) is 12.1 Å². The number of hydrogen-bond acceptors (Lipinski definition) is 6. The zero-order chi connectivity index (χ0) is 11.8. The first-order valence-corrected chi connectivity index (χ1v) is 4.51. The molecule has 0 aliphatic rings. The summed E-state index contributed by atoms with van der Waals surface area (Å²) in [7, 11) is 0. The monoisotopic (exact) mass is 222 g/mol. The second-order valence-electron chi connectivity index (χ2n) is 3.17. The minimum atomic E-state index is -1.07. The smallest absolute Gasteiger partial charge is 0.235 e. The van der Waals surface area contributed by atoms with Gasteiger partial charge in [-0.3, -0.25) is 20.2 Å². The highest BCUT2D eigenvalue weighted by atomic mass is 16.6. The van der Waals surface area contributed by atoms with Gasteiger partial charge in [-0.15, -0.1) is 0 Å². The highest BCUT2D eigenvalue weighted by molar-refractivity contribution is 4.59. The van der Waals surface area contributed by atoms with Gasteiger partial charge in [0.25, 0.3) is 0 Å². The van der Waals surface area contributed by atoms with E-state index in [4.69, 9.17) is 10.2 Å². The highest BCUT2D eigenvalue weighted by Crippen LogP contribution is 2.08. The van der Waals surface area contributed by atoms with Crippen molar-refractivity contribution >= 4 is 0 Å². The maximum absolute atomic E-state index is 10.3. The molecule has 2 atom stereocenters. The third-order valence-corrected chi connectivity index (χ3v) is 2.09. The first-order valence-electron chi connectivity index (χ1n) is 4.51. The van der Waals surface area contributed by atoms with E-state index in [1.54, 1.807) is 0 Å². The molecule has 0 aromatic heterocycles. The number of hydrogen-bond donors (Lipinski definition) is 2. The average molecular weight is 222 g/mol. The van der Waals surface area contributed by atoms with Gasteiger partial charge in [-0.1, -0.05) is 0 Å². The lowest BCUT2D eigenvalue weighted by Gasteiger charge is -2.08. The molecule has 0 saturated carbocycles. The molecule has 15 heavy (non-hydrogen) atoms. The van der Waals surface area contributed by atoms with E-state index < -0.39 is 35.1 Å². The van der Waals surface area contributed by atoms with Crippen LogP contribution >= 0.6 is 0 Å². The van der Waals surface area contributed by atoms with Gasteiger partial charge in [0.15, 0.2) is 0 Å². The third kappa shape index (κ3) is 5.23. The lowest BCUT2D eigenvalue weighted by Crippen LogP contribution is -2.26. The summed E-state index contributed by atoms with van der Waals surface area (Å²) in [5.41, 5.74) is 0. The third-order valence-electron chi connectivity index (χ3n) is 2.09. The molecule has 0 amide bonds. The minimum Gasteiger partial charge on any atom is -0.389 e. The Bertz CT molecular complexity index is 200. The summed E-state index contributed by atoms with van der Waals surface area (Å²) in [5, 5.41) is 37.8. The van der Waals surface area contributed by atoms with Gasteiger partial charge in [-0.25, -0.2) is 0 Å². The Labute approximate surface area is 85.8 Å². The van der Waals surface area contributed by atoms with Crippen LogP contribution < -0.4 is 0 Å². The van der Waals surface area contributed by atoms with Crippen LogP contribution in [0.15, 0.2) is 0 Å². The molecular formula is C7H14N2O6. The van der Waals surface area contributed by atoms with Crippen molar-refractivity contribution in [1.82, 2.24) is 0 Å². The number of nitro groups is 2. The van der Waals surface area contributed by atoms with Gasteiger partial charge in [0.05, 0.1) is 0 Å². The van der Waals surface area contributed by atoms with Crippen LogP contribution in [0.5, 0.6) is 0 Å². The maximum Gasteiger partial charge on any atom is 0.235 e. The van der Waals surface area contributed by atoms with Gasteiger partial charge in [-0.2, -0.15) is 0 Å². The fraction of sp³-hybridized carbons (Fsp3) is 1.00. The van der Waals surface area contributed by atoms with E-state index in [2.05, 4.69) is 0 Å². The van der Waals surface area contributed by atoms with Gasteiger partial charge in [-0.05, 0) is 6.42 Å². The van der Waals surface area contributed by atoms with E-state index in [9.17, 15) is 20.2 Å². The molecule has 0 aromatic rings. The fourth-order valence-electron chi connectivity index (χ4n) is 1.12. The molecule has 0 aliphatic carbocycles. The maximum atomic E-state index is 10.3. The second kappa shape index (κ2) is 7.07. The van der Waals surface area contributed by atoms with Gasteiger partial charge < -0.3 is 10.2 Å². The van der Waals surface area contributed by atoms with Crippen LogP contribution in [0.4, 0.5) is 0 Å². The Kier molecular flexibility index (Phi) is 6.47. The Morgan fingerprint density at radius 3 is 1.47 bits per heavy atom. The summed E-state index contributed by atoms with van der Waals surface area (Å²) in [6, 6.07) is -2.15. The molecule has 8 nitrogen and oxygen atoms in total. The predicted octanol–water partition coefficient (Wildman–Crippen LogP) is -0.568. The van der Waals surface area contributed by atoms with E-state index in [0.29, 0.717) is 0 Å². The molecule has 0 spiro atoms. The van der Waals surface area contributed by atoms with Crippen LogP contribution in [0.1, 0.15) is 19.3 Å². The van der Waals surface area contributed by atoms with Crippen LogP contribution in [-0.4, -0.2) is 45.4 Å². The topological polar surface area (TPSA) is 127 Å². The van der Waals surface area contributed by atoms with Crippen LogP contribution in [0.2, 0.25) is 0 Å². The van der Waals surface area contributed by atoms with Crippen molar-refractivity contribution in [2.75, 3.05) is 13.2 Å². The van der Waals surface area contributed by atoms with Crippen LogP contribution in [0.3, 0.4) is 0 Å². The molecule has 0 aliphatic heterocycles. The molecule has 0 rings (SSSR count). The molecule has 2 N–H and O–H groups in total. The van der Waals surface area contributed by atoms with E-state index in [0.717, 1.165) is 0 Å². The second-order valence-corrected chi connectivity index (χ2v) is 3.17. The van der Waals surface area contributed by atoms with Gasteiger partial charge in [0, 0.05) is 22.7 Å². The number of aliphatic hydroxyl groups excluding tert-OH is 2. The molecule has 0 fully saturated rings. The Morgan fingerprint density at radius 1 is 0.933 bits per heavy atom. The molecule has 0 saturated heterocycles. The van der Waals surface area contributed by atoms with E-state index in [1.165, 1.54) is 0 Å². The molecular weight excluding hydrogens is 208 g/mol. The first-order chi connectivity index (χ1) is 7.02.